The lowest BCUT2D eigenvalue weighted by Gasteiger charge is -2.34. The molecule has 0 aliphatic rings. The van der Waals surface area contributed by atoms with Gasteiger partial charge in [0, 0.05) is 19.3 Å². The molecule has 0 heterocycles. The van der Waals surface area contributed by atoms with Crippen LogP contribution in [0, 0.1) is 0 Å². The van der Waals surface area contributed by atoms with Gasteiger partial charge in [0.15, 0.2) is 6.10 Å². The van der Waals surface area contributed by atoms with Gasteiger partial charge in [0.25, 0.3) is 0 Å². The molecule has 0 saturated heterocycles. The number of unbranched alkanes of at least 4 members (excludes halogenated alkanes) is 19. The van der Waals surface area contributed by atoms with Gasteiger partial charge in [-0.2, -0.15) is 0 Å². The van der Waals surface area contributed by atoms with Crippen LogP contribution in [0.3, 0.4) is 0 Å². The maximum atomic E-state index is 12.8. The average Bonchev–Trinajstić information content (AvgIpc) is 3.21. The number of quaternary nitrogens is 1. The lowest BCUT2D eigenvalue weighted by molar-refractivity contribution is -0.889. The van der Waals surface area contributed by atoms with E-state index >= 15 is 0 Å². The Morgan fingerprint density at radius 3 is 1.38 bits per heavy atom. The van der Waals surface area contributed by atoms with Crippen molar-refractivity contribution >= 4 is 17.9 Å². The molecule has 0 aliphatic heterocycles. The van der Waals surface area contributed by atoms with Gasteiger partial charge in [-0.15, -0.1) is 0 Å². The lowest BCUT2D eigenvalue weighted by atomic mass is 10.1. The fraction of sp³-hybridized carbons (Fsp3) is 0.750. The van der Waals surface area contributed by atoms with E-state index in [1.807, 2.05) is 0 Å². The van der Waals surface area contributed by atoms with Crippen molar-refractivity contribution in [2.24, 2.45) is 0 Å². The maximum Gasteiger partial charge on any atom is 0.306 e. The van der Waals surface area contributed by atoms with Gasteiger partial charge in [-0.25, -0.2) is 0 Å². The molecule has 346 valence electrons. The molecule has 0 bridgehead atoms. The van der Waals surface area contributed by atoms with Crippen molar-refractivity contribution in [2.45, 2.75) is 212 Å². The van der Waals surface area contributed by atoms with Gasteiger partial charge in [-0.1, -0.05) is 164 Å². The largest absolute Gasteiger partial charge is 0.544 e. The van der Waals surface area contributed by atoms with Gasteiger partial charge in [0.2, 0.25) is 0 Å². The van der Waals surface area contributed by atoms with Crippen LogP contribution in [0.15, 0.2) is 60.8 Å². The number of nitrogens with zero attached hydrogens (tertiary/aromatic N) is 1. The third-order valence-corrected chi connectivity index (χ3v) is 10.6. The summed E-state index contributed by atoms with van der Waals surface area (Å²) in [6, 6.07) is -0.730. The summed E-state index contributed by atoms with van der Waals surface area (Å²) in [5.74, 6) is -1.75. The first-order valence-electron chi connectivity index (χ1n) is 24.3. The number of esters is 2. The van der Waals surface area contributed by atoms with Crippen molar-refractivity contribution in [3.8, 4) is 0 Å². The van der Waals surface area contributed by atoms with Gasteiger partial charge in [-0.05, 0) is 77.0 Å². The fourth-order valence-electron chi connectivity index (χ4n) is 6.88. The van der Waals surface area contributed by atoms with E-state index in [4.69, 9.17) is 14.2 Å². The number of carboxylic acids is 1. The van der Waals surface area contributed by atoms with Crippen molar-refractivity contribution < 1.29 is 38.2 Å². The topological polar surface area (TPSA) is 102 Å². The minimum Gasteiger partial charge on any atom is -0.544 e. The van der Waals surface area contributed by atoms with E-state index in [-0.39, 0.29) is 42.7 Å². The Bertz CT molecular complexity index is 1170. The molecule has 0 amide bonds. The van der Waals surface area contributed by atoms with Gasteiger partial charge in [0.05, 0.1) is 40.3 Å². The van der Waals surface area contributed by atoms with Crippen LogP contribution < -0.4 is 5.11 Å². The third kappa shape index (κ3) is 40.4. The molecule has 0 saturated carbocycles. The second-order valence-electron chi connectivity index (χ2n) is 17.3. The van der Waals surface area contributed by atoms with E-state index in [0.29, 0.717) is 12.8 Å². The number of ether oxygens (including phenoxy) is 3. The second-order valence-corrected chi connectivity index (χ2v) is 17.3. The molecule has 0 rings (SSSR count). The third-order valence-electron chi connectivity index (χ3n) is 10.6. The number of carbonyl (C=O) groups is 3. The number of aliphatic carboxylic acids is 1. The maximum absolute atomic E-state index is 12.8. The zero-order valence-corrected chi connectivity index (χ0v) is 39.4. The van der Waals surface area contributed by atoms with E-state index in [1.165, 1.54) is 89.9 Å². The molecule has 60 heavy (non-hydrogen) atoms. The van der Waals surface area contributed by atoms with E-state index in [2.05, 4.69) is 74.6 Å². The van der Waals surface area contributed by atoms with Crippen molar-refractivity contribution in [1.82, 2.24) is 0 Å². The molecule has 0 aromatic heterocycles. The van der Waals surface area contributed by atoms with Crippen LogP contribution in [0.1, 0.15) is 200 Å². The molecule has 0 aromatic rings. The van der Waals surface area contributed by atoms with Gasteiger partial charge < -0.3 is 28.6 Å². The zero-order chi connectivity index (χ0) is 44.2. The Kier molecular flexibility index (Phi) is 40.6. The molecule has 2 unspecified atom stereocenters. The standard InChI is InChI=1S/C52H91NO7/c1-6-8-10-12-14-16-18-20-22-24-25-27-29-31-33-35-37-39-41-43-51(55)60-48(46-58-45-44-49(52(56)57)53(3,4)5)47-59-50(54)42-40-38-36-34-32-30-28-26-23-21-19-17-15-13-11-9-7-2/h8,10,14-17,20-23,48-49H,6-7,9,11-13,18-19,24-47H2,1-5H3/b10-8+,16-14+,17-15+,22-20+,23-21+. The normalized spacial score (nSPS) is 13.4. The zero-order valence-electron chi connectivity index (χ0n) is 39.4. The van der Waals surface area contributed by atoms with Gasteiger partial charge in [0.1, 0.15) is 12.6 Å². The Morgan fingerprint density at radius 1 is 0.517 bits per heavy atom. The predicted molar refractivity (Wildman–Crippen MR) is 249 cm³/mol. The number of carbonyl (C=O) groups excluding carboxylic acids is 3. The molecule has 0 aliphatic carbocycles. The molecule has 8 heteroatoms. The Hall–Kier alpha value is -2.97. The Balaban J connectivity index is 4.30. The van der Waals surface area contributed by atoms with Crippen LogP contribution in [0.5, 0.6) is 0 Å². The first kappa shape index (κ1) is 57.0. The summed E-state index contributed by atoms with van der Waals surface area (Å²) in [5.41, 5.74) is 0. The van der Waals surface area contributed by atoms with E-state index in [0.717, 1.165) is 77.0 Å². The highest BCUT2D eigenvalue weighted by molar-refractivity contribution is 5.70. The molecular weight excluding hydrogens is 751 g/mol. The predicted octanol–water partition coefficient (Wildman–Crippen LogP) is 12.4. The first-order chi connectivity index (χ1) is 29.1. The van der Waals surface area contributed by atoms with Crippen molar-refractivity contribution in [3.63, 3.8) is 0 Å². The van der Waals surface area contributed by atoms with Crippen LogP contribution >= 0.6 is 0 Å². The highest BCUT2D eigenvalue weighted by Gasteiger charge is 2.25. The first-order valence-corrected chi connectivity index (χ1v) is 24.3. The lowest BCUT2D eigenvalue weighted by Crippen LogP contribution is -2.55. The number of allylic oxidation sites excluding steroid dienone is 10. The van der Waals surface area contributed by atoms with Crippen LogP contribution in [0.25, 0.3) is 0 Å². The van der Waals surface area contributed by atoms with Gasteiger partial charge >= 0.3 is 11.9 Å². The molecule has 0 radical (unpaired) electrons. The second kappa shape index (κ2) is 42.7. The summed E-state index contributed by atoms with van der Waals surface area (Å²) in [6.07, 6.45) is 52.4. The van der Waals surface area contributed by atoms with Crippen LogP contribution in [-0.4, -0.2) is 75.5 Å². The summed E-state index contributed by atoms with van der Waals surface area (Å²) in [6.45, 7) is 4.52. The smallest absolute Gasteiger partial charge is 0.306 e. The summed E-state index contributed by atoms with van der Waals surface area (Å²) in [7, 11) is 5.41. The monoisotopic (exact) mass is 842 g/mol. The molecule has 0 aromatic carbocycles. The van der Waals surface area contributed by atoms with E-state index < -0.39 is 18.1 Å². The number of hydrogen-bond acceptors (Lipinski definition) is 7. The Labute approximate surface area is 368 Å². The molecular formula is C52H91NO7. The summed E-state index contributed by atoms with van der Waals surface area (Å²) in [4.78, 5) is 37.0. The average molecular weight is 842 g/mol. The van der Waals surface area contributed by atoms with Crippen molar-refractivity contribution in [1.29, 1.82) is 0 Å². The Morgan fingerprint density at radius 2 is 0.933 bits per heavy atom. The van der Waals surface area contributed by atoms with Gasteiger partial charge in [-0.3, -0.25) is 9.59 Å². The number of carboxylic acid groups (broad SMARTS) is 1. The van der Waals surface area contributed by atoms with Crippen LogP contribution in [-0.2, 0) is 28.6 Å². The molecule has 8 nitrogen and oxygen atoms in total. The van der Waals surface area contributed by atoms with Crippen molar-refractivity contribution in [2.75, 3.05) is 41.0 Å². The highest BCUT2D eigenvalue weighted by atomic mass is 16.6. The number of hydrogen-bond donors (Lipinski definition) is 0. The summed E-state index contributed by atoms with van der Waals surface area (Å²) in [5, 5.41) is 11.6. The molecule has 0 N–H and O–H groups in total. The number of likely N-dealkylation sites (N-methyl/N-ethyl adjacent to an activating group) is 1. The quantitative estimate of drug-likeness (QED) is 0.0261. The minimum absolute atomic E-state index is 0.0345. The minimum atomic E-state index is -1.13. The highest BCUT2D eigenvalue weighted by Crippen LogP contribution is 2.14. The SMILES string of the molecule is CC/C=C/C/C=C/C/C=C/CCCCCCCCCCCC(=O)OC(COCCC(C(=O)[O-])[N+](C)(C)C)COC(=O)CCCCCCCCC/C=C/C/C=C/CCCCC. The van der Waals surface area contributed by atoms with E-state index in [9.17, 15) is 19.5 Å². The van der Waals surface area contributed by atoms with E-state index in [1.54, 1.807) is 21.1 Å². The number of rotatable bonds is 43. The summed E-state index contributed by atoms with van der Waals surface area (Å²) < 4.78 is 17.2. The fourth-order valence-corrected chi connectivity index (χ4v) is 6.88. The molecule has 0 spiro atoms. The molecule has 0 fully saturated rings. The van der Waals surface area contributed by atoms with Crippen LogP contribution in [0.4, 0.5) is 0 Å². The molecule has 2 atom stereocenters. The summed E-state index contributed by atoms with van der Waals surface area (Å²) >= 11 is 0. The van der Waals surface area contributed by atoms with Crippen LogP contribution in [0.2, 0.25) is 0 Å². The van der Waals surface area contributed by atoms with Crippen molar-refractivity contribution in [3.05, 3.63) is 60.8 Å².